The van der Waals surface area contributed by atoms with Gasteiger partial charge in [-0.3, -0.25) is 10.1 Å². The van der Waals surface area contributed by atoms with Gasteiger partial charge in [0.1, 0.15) is 17.2 Å². The van der Waals surface area contributed by atoms with Crippen LogP contribution in [0.4, 0.5) is 41.2 Å². The standard InChI is InChI=1S/C17H7Cl2F7N2O3/c18-6-5-11(31-14(23)13(22)17(24,25)26)7(19)4-10(6)27-16(30)28-15(29)12-8(20)2-1-3-9(12)21/h1-5H,(H2,27,28,29,30)/b14-13-. The van der Waals surface area contributed by atoms with Gasteiger partial charge in [-0.05, 0) is 18.2 Å². The molecule has 0 unspecified atom stereocenters. The predicted octanol–water partition coefficient (Wildman–Crippen LogP) is 6.28. The zero-order valence-electron chi connectivity index (χ0n) is 14.5. The molecule has 0 aromatic heterocycles. The van der Waals surface area contributed by atoms with E-state index in [1.165, 1.54) is 0 Å². The quantitative estimate of drug-likeness (QED) is 0.391. The van der Waals surface area contributed by atoms with E-state index in [-0.39, 0.29) is 5.69 Å². The normalized spacial score (nSPS) is 12.2. The second-order valence-corrected chi connectivity index (χ2v) is 6.27. The van der Waals surface area contributed by atoms with E-state index < -0.39 is 62.9 Å². The Hall–Kier alpha value is -2.99. The van der Waals surface area contributed by atoms with Crippen molar-refractivity contribution in [2.45, 2.75) is 6.18 Å². The molecule has 0 bridgehead atoms. The molecule has 0 fully saturated rings. The van der Waals surface area contributed by atoms with Crippen molar-refractivity contribution in [1.82, 2.24) is 5.32 Å². The smallest absolute Gasteiger partial charge is 0.428 e. The molecule has 31 heavy (non-hydrogen) atoms. The Morgan fingerprint density at radius 3 is 2.10 bits per heavy atom. The molecule has 0 saturated heterocycles. The number of alkyl halides is 3. The number of imide groups is 1. The molecule has 3 amide bonds. The lowest BCUT2D eigenvalue weighted by molar-refractivity contribution is -0.114. The molecule has 0 aliphatic carbocycles. The zero-order valence-corrected chi connectivity index (χ0v) is 16.0. The molecule has 166 valence electrons. The number of amides is 3. The van der Waals surface area contributed by atoms with Crippen molar-refractivity contribution in [2.75, 3.05) is 5.32 Å². The molecular formula is C17H7Cl2F7N2O3. The molecule has 2 aromatic rings. The van der Waals surface area contributed by atoms with Crippen molar-refractivity contribution >= 4 is 40.8 Å². The number of hydrogen-bond donors (Lipinski definition) is 2. The lowest BCUT2D eigenvalue weighted by Gasteiger charge is -2.12. The van der Waals surface area contributed by atoms with Gasteiger partial charge in [0.2, 0.25) is 0 Å². The summed E-state index contributed by atoms with van der Waals surface area (Å²) in [6.45, 7) is 0. The van der Waals surface area contributed by atoms with Crippen molar-refractivity contribution in [3.8, 4) is 5.75 Å². The van der Waals surface area contributed by atoms with Gasteiger partial charge in [-0.25, -0.2) is 13.6 Å². The topological polar surface area (TPSA) is 67.4 Å². The van der Waals surface area contributed by atoms with Crippen molar-refractivity contribution in [3.63, 3.8) is 0 Å². The predicted molar refractivity (Wildman–Crippen MR) is 95.2 cm³/mol. The van der Waals surface area contributed by atoms with Gasteiger partial charge in [0.25, 0.3) is 11.7 Å². The SMILES string of the molecule is O=C(NC(=O)c1c(F)cccc1F)Nc1cc(Cl)c(O/C(F)=C(\F)C(F)(F)F)cc1Cl. The third-order valence-electron chi connectivity index (χ3n) is 3.31. The Balaban J connectivity index is 2.17. The van der Waals surface area contributed by atoms with Gasteiger partial charge >= 0.3 is 18.2 Å². The van der Waals surface area contributed by atoms with Gasteiger partial charge in [-0.2, -0.15) is 22.0 Å². The van der Waals surface area contributed by atoms with Gasteiger partial charge in [-0.1, -0.05) is 29.3 Å². The third kappa shape index (κ3) is 6.01. The molecule has 0 radical (unpaired) electrons. The molecule has 2 aromatic carbocycles. The van der Waals surface area contributed by atoms with Crippen LogP contribution in [0.1, 0.15) is 10.4 Å². The number of urea groups is 1. The number of benzene rings is 2. The summed E-state index contributed by atoms with van der Waals surface area (Å²) in [6, 6.07) is -0.00544. The van der Waals surface area contributed by atoms with Crippen LogP contribution in [0.5, 0.6) is 5.75 Å². The first kappa shape index (κ1) is 24.3. The van der Waals surface area contributed by atoms with Crippen LogP contribution in [0.2, 0.25) is 10.0 Å². The van der Waals surface area contributed by atoms with Crippen molar-refractivity contribution in [1.29, 1.82) is 0 Å². The lowest BCUT2D eigenvalue weighted by Crippen LogP contribution is -2.35. The molecule has 0 aliphatic heterocycles. The maximum absolute atomic E-state index is 13.6. The molecule has 2 N–H and O–H groups in total. The maximum Gasteiger partial charge on any atom is 0.449 e. The minimum absolute atomic E-state index is 0.362. The fourth-order valence-corrected chi connectivity index (χ4v) is 2.39. The third-order valence-corrected chi connectivity index (χ3v) is 3.92. The Bertz CT molecular complexity index is 1050. The Kier molecular flexibility index (Phi) is 7.39. The summed E-state index contributed by atoms with van der Waals surface area (Å²) in [4.78, 5) is 23.7. The number of hydrogen-bond acceptors (Lipinski definition) is 3. The minimum atomic E-state index is -5.65. The van der Waals surface area contributed by atoms with E-state index in [0.717, 1.165) is 24.3 Å². The molecule has 14 heteroatoms. The second kappa shape index (κ2) is 9.43. The summed E-state index contributed by atoms with van der Waals surface area (Å²) in [5.41, 5.74) is -1.40. The molecule has 5 nitrogen and oxygen atoms in total. The highest BCUT2D eigenvalue weighted by molar-refractivity contribution is 6.36. The molecule has 0 saturated carbocycles. The fraction of sp³-hybridized carbons (Fsp3) is 0.0588. The monoisotopic (exact) mass is 490 g/mol. The van der Waals surface area contributed by atoms with Gasteiger partial charge < -0.3 is 10.1 Å². The number of halogens is 9. The summed E-state index contributed by atoms with van der Waals surface area (Å²) in [7, 11) is 0. The molecular weight excluding hydrogens is 484 g/mol. The molecule has 0 atom stereocenters. The Labute approximate surface area is 178 Å². The van der Waals surface area contributed by atoms with E-state index >= 15 is 0 Å². The average Bonchev–Trinajstić information content (AvgIpc) is 2.64. The van der Waals surface area contributed by atoms with Crippen molar-refractivity contribution in [3.05, 3.63) is 69.4 Å². The summed E-state index contributed by atoms with van der Waals surface area (Å²) < 4.78 is 93.6. The molecule has 0 aliphatic rings. The van der Waals surface area contributed by atoms with Gasteiger partial charge in [-0.15, -0.1) is 0 Å². The summed E-state index contributed by atoms with van der Waals surface area (Å²) in [6.07, 6.45) is -5.65. The maximum atomic E-state index is 13.6. The Morgan fingerprint density at radius 2 is 1.55 bits per heavy atom. The zero-order chi connectivity index (χ0) is 23.5. The van der Waals surface area contributed by atoms with Gasteiger partial charge in [0.15, 0.2) is 5.75 Å². The van der Waals surface area contributed by atoms with Crippen LogP contribution < -0.4 is 15.4 Å². The second-order valence-electron chi connectivity index (χ2n) is 5.45. The van der Waals surface area contributed by atoms with Crippen LogP contribution in [0.25, 0.3) is 0 Å². The highest BCUT2D eigenvalue weighted by atomic mass is 35.5. The summed E-state index contributed by atoms with van der Waals surface area (Å²) in [5, 5.41) is 2.48. The Morgan fingerprint density at radius 1 is 0.968 bits per heavy atom. The molecule has 0 spiro atoms. The number of allylic oxidation sites excluding steroid dienone is 1. The number of anilines is 1. The number of nitrogens with one attached hydrogen (secondary N) is 2. The molecule has 0 heterocycles. The minimum Gasteiger partial charge on any atom is -0.428 e. The summed E-state index contributed by atoms with van der Waals surface area (Å²) >= 11 is 11.4. The van der Waals surface area contributed by atoms with Crippen LogP contribution in [-0.2, 0) is 0 Å². The van der Waals surface area contributed by atoms with Crippen LogP contribution in [0.3, 0.4) is 0 Å². The molecule has 2 rings (SSSR count). The number of rotatable bonds is 4. The van der Waals surface area contributed by atoms with E-state index in [9.17, 15) is 40.3 Å². The van der Waals surface area contributed by atoms with Crippen LogP contribution in [0, 0.1) is 11.6 Å². The van der Waals surface area contributed by atoms with Gasteiger partial charge in [0, 0.05) is 6.07 Å². The van der Waals surface area contributed by atoms with Crippen molar-refractivity contribution < 1.29 is 45.1 Å². The van der Waals surface area contributed by atoms with E-state index in [1.54, 1.807) is 5.32 Å². The van der Waals surface area contributed by atoms with Crippen LogP contribution in [0.15, 0.2) is 42.2 Å². The van der Waals surface area contributed by atoms with Crippen LogP contribution in [-0.4, -0.2) is 18.1 Å². The fourth-order valence-electron chi connectivity index (χ4n) is 1.99. The highest BCUT2D eigenvalue weighted by Gasteiger charge is 2.39. The lowest BCUT2D eigenvalue weighted by atomic mass is 10.2. The summed E-state index contributed by atoms with van der Waals surface area (Å²) in [5.74, 6) is -7.91. The number of carbonyl (C=O) groups excluding carboxylic acids is 2. The first-order valence-corrected chi connectivity index (χ1v) is 8.42. The number of ether oxygens (including phenoxy) is 1. The highest BCUT2D eigenvalue weighted by Crippen LogP contribution is 2.37. The first-order chi connectivity index (χ1) is 14.3. The van der Waals surface area contributed by atoms with E-state index in [1.807, 2.05) is 5.32 Å². The first-order valence-electron chi connectivity index (χ1n) is 7.67. The van der Waals surface area contributed by atoms with Crippen LogP contribution >= 0.6 is 23.2 Å². The number of carbonyl (C=O) groups is 2. The van der Waals surface area contributed by atoms with E-state index in [0.29, 0.717) is 6.07 Å². The largest absolute Gasteiger partial charge is 0.449 e. The van der Waals surface area contributed by atoms with Crippen molar-refractivity contribution in [2.24, 2.45) is 0 Å². The average molecular weight is 491 g/mol. The van der Waals surface area contributed by atoms with E-state index in [2.05, 4.69) is 4.74 Å². The van der Waals surface area contributed by atoms with E-state index in [4.69, 9.17) is 23.2 Å². The van der Waals surface area contributed by atoms with Gasteiger partial charge in [0.05, 0.1) is 15.7 Å².